The second-order valence-electron chi connectivity index (χ2n) is 6.07. The number of rotatable bonds is 4. The van der Waals surface area contributed by atoms with E-state index in [1.807, 2.05) is 41.4 Å². The number of nitrogens with zero attached hydrogens (tertiary/aromatic N) is 2. The summed E-state index contributed by atoms with van der Waals surface area (Å²) in [5.41, 5.74) is 3.27. The fourth-order valence-electron chi connectivity index (χ4n) is 2.79. The minimum Gasteiger partial charge on any atom is -0.326 e. The van der Waals surface area contributed by atoms with Crippen LogP contribution in [0.15, 0.2) is 42.7 Å². The lowest BCUT2D eigenvalue weighted by Crippen LogP contribution is -2.31. The van der Waals surface area contributed by atoms with Gasteiger partial charge in [-0.3, -0.25) is 9.78 Å². The Morgan fingerprint density at radius 3 is 2.74 bits per heavy atom. The Bertz CT molecular complexity index is 702. The quantitative estimate of drug-likeness (QED) is 0.809. The minimum absolute atomic E-state index is 0.0542. The first-order chi connectivity index (χ1) is 11.1. The number of carbonyl (C=O) groups is 1. The van der Waals surface area contributed by atoms with Crippen LogP contribution in [0.25, 0.3) is 11.1 Å². The van der Waals surface area contributed by atoms with Gasteiger partial charge in [-0.25, -0.2) is 0 Å². The smallest absolute Gasteiger partial charge is 0.233 e. The van der Waals surface area contributed by atoms with E-state index in [4.69, 9.17) is 11.6 Å². The zero-order valence-corrected chi connectivity index (χ0v) is 14.8. The van der Waals surface area contributed by atoms with Crippen molar-refractivity contribution in [3.05, 3.63) is 53.3 Å². The fraction of sp³-hybridized carbons (Fsp3) is 0.333. The third-order valence-corrected chi connectivity index (χ3v) is 5.30. The molecule has 1 aromatic carbocycles. The van der Waals surface area contributed by atoms with Crippen molar-refractivity contribution in [1.29, 1.82) is 0 Å². The summed E-state index contributed by atoms with van der Waals surface area (Å²) in [5.74, 6) is 1.20. The Morgan fingerprint density at radius 1 is 1.30 bits per heavy atom. The van der Waals surface area contributed by atoms with Gasteiger partial charge in [0, 0.05) is 29.5 Å². The lowest BCUT2D eigenvalue weighted by atomic mass is 10.0. The molecule has 120 valence electrons. The number of hydrogen-bond acceptors (Lipinski definition) is 3. The molecule has 1 fully saturated rings. The summed E-state index contributed by atoms with van der Waals surface area (Å²) < 4.78 is 0. The van der Waals surface area contributed by atoms with Crippen LogP contribution in [0.4, 0.5) is 0 Å². The Labute approximate surface area is 146 Å². The SMILES string of the molecule is CC(C)CN1C(=O)CSC1c1ccncc1-c1ccc(Cl)cc1. The maximum Gasteiger partial charge on any atom is 0.233 e. The Balaban J connectivity index is 1.99. The van der Waals surface area contributed by atoms with Gasteiger partial charge in [0.2, 0.25) is 5.91 Å². The molecule has 1 saturated heterocycles. The van der Waals surface area contributed by atoms with Crippen LogP contribution in [0.2, 0.25) is 5.02 Å². The summed E-state index contributed by atoms with van der Waals surface area (Å²) >= 11 is 7.68. The van der Waals surface area contributed by atoms with Crippen LogP contribution in [-0.4, -0.2) is 28.1 Å². The van der Waals surface area contributed by atoms with Gasteiger partial charge in [-0.05, 0) is 35.2 Å². The molecule has 0 saturated carbocycles. The number of carbonyl (C=O) groups excluding carboxylic acids is 1. The van der Waals surface area contributed by atoms with Crippen LogP contribution in [0.1, 0.15) is 24.8 Å². The molecule has 0 aliphatic carbocycles. The maximum atomic E-state index is 12.3. The summed E-state index contributed by atoms with van der Waals surface area (Å²) in [4.78, 5) is 18.5. The molecule has 0 bridgehead atoms. The third-order valence-electron chi connectivity index (χ3n) is 3.81. The summed E-state index contributed by atoms with van der Waals surface area (Å²) in [5, 5.41) is 0.768. The zero-order chi connectivity index (χ0) is 16.4. The third kappa shape index (κ3) is 3.54. The molecular formula is C18H19ClN2OS. The summed E-state index contributed by atoms with van der Waals surface area (Å²) in [6.45, 7) is 5.05. The Morgan fingerprint density at radius 2 is 2.04 bits per heavy atom. The summed E-state index contributed by atoms with van der Waals surface area (Å²) in [7, 11) is 0. The van der Waals surface area contributed by atoms with E-state index in [2.05, 4.69) is 18.8 Å². The topological polar surface area (TPSA) is 33.2 Å². The van der Waals surface area contributed by atoms with Gasteiger partial charge >= 0.3 is 0 Å². The van der Waals surface area contributed by atoms with Crippen molar-refractivity contribution in [1.82, 2.24) is 9.88 Å². The molecule has 0 N–H and O–H groups in total. The normalized spacial score (nSPS) is 18.0. The van der Waals surface area contributed by atoms with Crippen molar-refractivity contribution in [3.8, 4) is 11.1 Å². The number of halogens is 1. The Hall–Kier alpha value is -1.52. The van der Waals surface area contributed by atoms with Gasteiger partial charge in [-0.15, -0.1) is 11.8 Å². The lowest BCUT2D eigenvalue weighted by molar-refractivity contribution is -0.128. The van der Waals surface area contributed by atoms with E-state index in [0.29, 0.717) is 16.7 Å². The van der Waals surface area contributed by atoms with Gasteiger partial charge in [0.1, 0.15) is 5.37 Å². The van der Waals surface area contributed by atoms with E-state index in [1.54, 1.807) is 18.0 Å². The van der Waals surface area contributed by atoms with E-state index >= 15 is 0 Å². The largest absolute Gasteiger partial charge is 0.326 e. The molecule has 1 atom stereocenters. The van der Waals surface area contributed by atoms with Crippen molar-refractivity contribution in [3.63, 3.8) is 0 Å². The Kier molecular flexibility index (Phi) is 4.93. The predicted octanol–water partition coefficient (Wildman–Crippen LogP) is 4.63. The zero-order valence-electron chi connectivity index (χ0n) is 13.2. The molecule has 2 heterocycles. The fourth-order valence-corrected chi connectivity index (χ4v) is 4.15. The molecule has 1 aliphatic rings. The number of pyridine rings is 1. The molecule has 5 heteroatoms. The first kappa shape index (κ1) is 16.3. The van der Waals surface area contributed by atoms with E-state index in [1.165, 1.54) is 0 Å². The van der Waals surface area contributed by atoms with Crippen molar-refractivity contribution < 1.29 is 4.79 Å². The van der Waals surface area contributed by atoms with Gasteiger partial charge in [-0.1, -0.05) is 37.6 Å². The maximum absolute atomic E-state index is 12.3. The number of aromatic nitrogens is 1. The van der Waals surface area contributed by atoms with Gasteiger partial charge in [0.25, 0.3) is 0 Å². The molecular weight excluding hydrogens is 328 g/mol. The van der Waals surface area contributed by atoms with E-state index in [-0.39, 0.29) is 11.3 Å². The molecule has 0 spiro atoms. The highest BCUT2D eigenvalue weighted by atomic mass is 35.5. The van der Waals surface area contributed by atoms with Crippen LogP contribution >= 0.6 is 23.4 Å². The minimum atomic E-state index is 0.0542. The number of hydrogen-bond donors (Lipinski definition) is 0. The number of thioether (sulfide) groups is 1. The molecule has 1 unspecified atom stereocenters. The standard InChI is InChI=1S/C18H19ClN2OS/c1-12(2)10-21-17(22)11-23-18(21)15-7-8-20-9-16(15)13-3-5-14(19)6-4-13/h3-9,12,18H,10-11H2,1-2H3. The highest BCUT2D eigenvalue weighted by Gasteiger charge is 2.34. The molecule has 0 radical (unpaired) electrons. The van der Waals surface area contributed by atoms with Gasteiger partial charge in [0.05, 0.1) is 5.75 Å². The molecule has 1 aliphatic heterocycles. The average Bonchev–Trinajstić information content (AvgIpc) is 2.88. The molecule has 3 rings (SSSR count). The van der Waals surface area contributed by atoms with Crippen LogP contribution in [0.5, 0.6) is 0 Å². The molecule has 1 aromatic heterocycles. The molecule has 23 heavy (non-hydrogen) atoms. The summed E-state index contributed by atoms with van der Waals surface area (Å²) in [6.07, 6.45) is 3.67. The van der Waals surface area contributed by atoms with E-state index in [0.717, 1.165) is 23.2 Å². The van der Waals surface area contributed by atoms with Crippen molar-refractivity contribution in [2.75, 3.05) is 12.3 Å². The lowest BCUT2D eigenvalue weighted by Gasteiger charge is -2.27. The highest BCUT2D eigenvalue weighted by Crippen LogP contribution is 2.42. The van der Waals surface area contributed by atoms with Gasteiger partial charge < -0.3 is 4.90 Å². The second kappa shape index (κ2) is 6.93. The van der Waals surface area contributed by atoms with Crippen LogP contribution in [-0.2, 0) is 4.79 Å². The molecule has 2 aromatic rings. The van der Waals surface area contributed by atoms with Crippen molar-refractivity contribution in [2.24, 2.45) is 5.92 Å². The first-order valence-corrected chi connectivity index (χ1v) is 9.10. The highest BCUT2D eigenvalue weighted by molar-refractivity contribution is 8.00. The first-order valence-electron chi connectivity index (χ1n) is 7.67. The summed E-state index contributed by atoms with van der Waals surface area (Å²) in [6, 6.07) is 9.78. The molecule has 3 nitrogen and oxygen atoms in total. The predicted molar refractivity (Wildman–Crippen MR) is 96.4 cm³/mol. The monoisotopic (exact) mass is 346 g/mol. The van der Waals surface area contributed by atoms with E-state index in [9.17, 15) is 4.79 Å². The van der Waals surface area contributed by atoms with Crippen molar-refractivity contribution in [2.45, 2.75) is 19.2 Å². The second-order valence-corrected chi connectivity index (χ2v) is 7.58. The van der Waals surface area contributed by atoms with E-state index < -0.39 is 0 Å². The number of benzene rings is 1. The number of amides is 1. The van der Waals surface area contributed by atoms with Crippen LogP contribution in [0, 0.1) is 5.92 Å². The van der Waals surface area contributed by atoms with Gasteiger partial charge in [-0.2, -0.15) is 0 Å². The molecule has 1 amide bonds. The van der Waals surface area contributed by atoms with Crippen LogP contribution in [0.3, 0.4) is 0 Å². The average molecular weight is 347 g/mol. The van der Waals surface area contributed by atoms with Crippen LogP contribution < -0.4 is 0 Å². The van der Waals surface area contributed by atoms with Crippen molar-refractivity contribution >= 4 is 29.3 Å². The van der Waals surface area contributed by atoms with Gasteiger partial charge in [0.15, 0.2) is 0 Å².